The molecule has 2 atom stereocenters. The summed E-state index contributed by atoms with van der Waals surface area (Å²) in [5.41, 5.74) is 1.87. The summed E-state index contributed by atoms with van der Waals surface area (Å²) >= 11 is 0. The summed E-state index contributed by atoms with van der Waals surface area (Å²) in [5.74, 6) is 1.58. The first-order chi connectivity index (χ1) is 13.2. The molecule has 4 rings (SSSR count). The van der Waals surface area contributed by atoms with Crippen LogP contribution in [0.25, 0.3) is 0 Å². The molecule has 6 heteroatoms. The van der Waals surface area contributed by atoms with E-state index in [1.165, 1.54) is 0 Å². The maximum absolute atomic E-state index is 12.4. The monoisotopic (exact) mass is 382 g/mol. The average molecular weight is 382 g/mol. The van der Waals surface area contributed by atoms with Crippen LogP contribution < -0.4 is 20.1 Å². The van der Waals surface area contributed by atoms with Crippen molar-refractivity contribution in [2.24, 2.45) is 0 Å². The summed E-state index contributed by atoms with van der Waals surface area (Å²) in [4.78, 5) is 12.4. The molecule has 2 aliphatic rings. The molecule has 2 amide bonds. The fourth-order valence-corrected chi connectivity index (χ4v) is 4.62. The predicted octanol–water partition coefficient (Wildman–Crippen LogP) is 3.80. The van der Waals surface area contributed by atoms with Crippen LogP contribution in [0.1, 0.15) is 49.3 Å². The van der Waals surface area contributed by atoms with Crippen LogP contribution in [0, 0.1) is 6.92 Å². The Morgan fingerprint density at radius 3 is 2.54 bits per heavy atom. The highest BCUT2D eigenvalue weighted by molar-refractivity contribution is 5.77. The van der Waals surface area contributed by atoms with Gasteiger partial charge in [0.15, 0.2) is 5.72 Å². The number of hydrogen-bond acceptors (Lipinski definition) is 4. The van der Waals surface area contributed by atoms with Gasteiger partial charge in [-0.05, 0) is 50.1 Å². The average Bonchev–Trinajstić information content (AvgIpc) is 2.58. The highest BCUT2D eigenvalue weighted by atomic mass is 16.5. The van der Waals surface area contributed by atoms with E-state index in [-0.39, 0.29) is 17.7 Å². The number of benzene rings is 2. The molecule has 0 radical (unpaired) electrons. The third-order valence-corrected chi connectivity index (χ3v) is 5.56. The topological polar surface area (TPSA) is 79.8 Å². The Morgan fingerprint density at radius 2 is 1.89 bits per heavy atom. The Kier molecular flexibility index (Phi) is 4.17. The Bertz CT molecular complexity index is 923. The molecule has 2 aromatic rings. The smallest absolute Gasteiger partial charge is 0.318 e. The molecule has 1 saturated heterocycles. The Morgan fingerprint density at radius 1 is 1.18 bits per heavy atom. The third kappa shape index (κ3) is 3.23. The van der Waals surface area contributed by atoms with Crippen molar-refractivity contribution >= 4 is 6.03 Å². The van der Waals surface area contributed by atoms with Crippen molar-refractivity contribution in [1.82, 2.24) is 10.6 Å². The molecular weight excluding hydrogens is 356 g/mol. The first kappa shape index (κ1) is 18.5. The SMILES string of the molecule is COc1ccc([C@@H]2C[C@]3(CC(C)(C)NC(=O)N3)Oc3cc(O)cc(C)c32)cc1. The Hall–Kier alpha value is -2.89. The second-order valence-corrected chi connectivity index (χ2v) is 8.44. The zero-order valence-electron chi connectivity index (χ0n) is 16.6. The number of carbonyl (C=O) groups excluding carboxylic acids is 1. The first-order valence-corrected chi connectivity index (χ1v) is 9.47. The fraction of sp³-hybridized carbons (Fsp3) is 0.409. The van der Waals surface area contributed by atoms with Crippen LogP contribution in [0.3, 0.4) is 0 Å². The van der Waals surface area contributed by atoms with Gasteiger partial charge in [-0.15, -0.1) is 0 Å². The summed E-state index contributed by atoms with van der Waals surface area (Å²) in [5, 5.41) is 16.1. The van der Waals surface area contributed by atoms with Crippen LogP contribution in [-0.4, -0.2) is 29.5 Å². The van der Waals surface area contributed by atoms with E-state index in [2.05, 4.69) is 10.6 Å². The van der Waals surface area contributed by atoms with Gasteiger partial charge >= 0.3 is 6.03 Å². The summed E-state index contributed by atoms with van der Waals surface area (Å²) in [6.45, 7) is 5.95. The normalized spacial score (nSPS) is 25.3. The summed E-state index contributed by atoms with van der Waals surface area (Å²) < 4.78 is 11.7. The number of hydrogen-bond donors (Lipinski definition) is 3. The molecule has 2 aromatic carbocycles. The number of rotatable bonds is 2. The van der Waals surface area contributed by atoms with Gasteiger partial charge in [-0.2, -0.15) is 0 Å². The number of phenols is 1. The lowest BCUT2D eigenvalue weighted by molar-refractivity contribution is -0.0237. The molecule has 1 fully saturated rings. The number of nitrogens with one attached hydrogen (secondary N) is 2. The highest BCUT2D eigenvalue weighted by Gasteiger charge is 2.50. The maximum Gasteiger partial charge on any atom is 0.318 e. The van der Waals surface area contributed by atoms with Crippen LogP contribution in [0.15, 0.2) is 36.4 Å². The Labute approximate surface area is 164 Å². The second kappa shape index (κ2) is 6.33. The van der Waals surface area contributed by atoms with Crippen molar-refractivity contribution in [3.05, 3.63) is 53.1 Å². The van der Waals surface area contributed by atoms with E-state index in [0.29, 0.717) is 18.6 Å². The zero-order chi connectivity index (χ0) is 20.1. The molecule has 2 heterocycles. The minimum atomic E-state index is -0.844. The lowest BCUT2D eigenvalue weighted by Crippen LogP contribution is -2.69. The van der Waals surface area contributed by atoms with Gasteiger partial charge in [-0.3, -0.25) is 0 Å². The van der Waals surface area contributed by atoms with Gasteiger partial charge in [0.1, 0.15) is 17.2 Å². The number of amides is 2. The van der Waals surface area contributed by atoms with Gasteiger partial charge in [0.25, 0.3) is 0 Å². The van der Waals surface area contributed by atoms with Crippen LogP contribution in [-0.2, 0) is 0 Å². The molecule has 28 heavy (non-hydrogen) atoms. The Balaban J connectivity index is 1.83. The number of aryl methyl sites for hydroxylation is 1. The van der Waals surface area contributed by atoms with Gasteiger partial charge in [0, 0.05) is 35.9 Å². The minimum Gasteiger partial charge on any atom is -0.508 e. The maximum atomic E-state index is 12.4. The van der Waals surface area contributed by atoms with Gasteiger partial charge in [0.2, 0.25) is 0 Å². The molecule has 6 nitrogen and oxygen atoms in total. The number of carbonyl (C=O) groups is 1. The highest BCUT2D eigenvalue weighted by Crippen LogP contribution is 2.49. The molecule has 148 valence electrons. The summed E-state index contributed by atoms with van der Waals surface area (Å²) in [6.07, 6.45) is 1.21. The number of ether oxygens (including phenoxy) is 2. The predicted molar refractivity (Wildman–Crippen MR) is 106 cm³/mol. The minimum absolute atomic E-state index is 0.0180. The van der Waals surface area contributed by atoms with Gasteiger partial charge < -0.3 is 25.2 Å². The van der Waals surface area contributed by atoms with E-state index in [1.807, 2.05) is 45.0 Å². The van der Waals surface area contributed by atoms with Crippen LogP contribution >= 0.6 is 0 Å². The van der Waals surface area contributed by atoms with Gasteiger partial charge in [-0.1, -0.05) is 12.1 Å². The van der Waals surface area contributed by atoms with E-state index < -0.39 is 11.3 Å². The van der Waals surface area contributed by atoms with Crippen LogP contribution in [0.4, 0.5) is 4.79 Å². The van der Waals surface area contributed by atoms with E-state index in [0.717, 1.165) is 22.4 Å². The van der Waals surface area contributed by atoms with Crippen molar-refractivity contribution in [3.63, 3.8) is 0 Å². The standard InChI is InChI=1S/C22H26N2O4/c1-13-9-15(25)10-18-19(13)17(14-5-7-16(27-4)8-6-14)11-22(28-18)12-21(2,3)23-20(26)24-22/h5-10,17,25H,11-12H2,1-4H3,(H2,23,24,26)/t17-,22+/m0/s1. The first-order valence-electron chi connectivity index (χ1n) is 9.47. The zero-order valence-corrected chi connectivity index (χ0v) is 16.6. The number of methoxy groups -OCH3 is 1. The van der Waals surface area contributed by atoms with Crippen molar-refractivity contribution in [2.45, 2.75) is 50.8 Å². The second-order valence-electron chi connectivity index (χ2n) is 8.44. The quantitative estimate of drug-likeness (QED) is 0.738. The molecule has 0 bridgehead atoms. The molecule has 3 N–H and O–H groups in total. The third-order valence-electron chi connectivity index (χ3n) is 5.56. The lowest BCUT2D eigenvalue weighted by Gasteiger charge is -2.49. The van der Waals surface area contributed by atoms with E-state index in [1.54, 1.807) is 19.2 Å². The van der Waals surface area contributed by atoms with Gasteiger partial charge in [0.05, 0.1) is 7.11 Å². The molecule has 0 unspecified atom stereocenters. The van der Waals surface area contributed by atoms with Crippen molar-refractivity contribution in [3.8, 4) is 17.2 Å². The van der Waals surface area contributed by atoms with Crippen molar-refractivity contribution < 1.29 is 19.4 Å². The molecule has 0 saturated carbocycles. The van der Waals surface area contributed by atoms with Crippen LogP contribution in [0.5, 0.6) is 17.2 Å². The molecule has 1 spiro atoms. The van der Waals surface area contributed by atoms with Gasteiger partial charge in [-0.25, -0.2) is 4.79 Å². The molecule has 2 aliphatic heterocycles. The van der Waals surface area contributed by atoms with E-state index in [4.69, 9.17) is 9.47 Å². The molecular formula is C22H26N2O4. The number of phenolic OH excluding ortho intramolecular Hbond substituents is 1. The lowest BCUT2D eigenvalue weighted by atomic mass is 9.76. The molecule has 0 aromatic heterocycles. The number of aromatic hydroxyl groups is 1. The molecule has 0 aliphatic carbocycles. The largest absolute Gasteiger partial charge is 0.508 e. The van der Waals surface area contributed by atoms with Crippen molar-refractivity contribution in [2.75, 3.05) is 7.11 Å². The summed E-state index contributed by atoms with van der Waals surface area (Å²) in [7, 11) is 1.65. The van der Waals surface area contributed by atoms with E-state index in [9.17, 15) is 9.90 Å². The van der Waals surface area contributed by atoms with Crippen molar-refractivity contribution in [1.29, 1.82) is 0 Å². The van der Waals surface area contributed by atoms with E-state index >= 15 is 0 Å². The van der Waals surface area contributed by atoms with Crippen LogP contribution in [0.2, 0.25) is 0 Å². The summed E-state index contributed by atoms with van der Waals surface area (Å²) in [6, 6.07) is 11.1. The fourth-order valence-electron chi connectivity index (χ4n) is 4.62. The number of fused-ring (bicyclic) bond motifs is 1. The number of urea groups is 1.